The van der Waals surface area contributed by atoms with Gasteiger partial charge in [0.05, 0.1) is 4.90 Å². The zero-order valence-corrected chi connectivity index (χ0v) is 15.7. The fourth-order valence-electron chi connectivity index (χ4n) is 2.45. The van der Waals surface area contributed by atoms with E-state index in [1.165, 1.54) is 4.90 Å². The van der Waals surface area contributed by atoms with Gasteiger partial charge in [-0.05, 0) is 60.7 Å². The summed E-state index contributed by atoms with van der Waals surface area (Å²) < 4.78 is 27.5. The highest BCUT2D eigenvalue weighted by atomic mass is 32.2. The van der Waals surface area contributed by atoms with Crippen LogP contribution in [-0.4, -0.2) is 14.7 Å². The van der Waals surface area contributed by atoms with E-state index in [2.05, 4.69) is 29.0 Å². The van der Waals surface area contributed by atoms with Crippen molar-refractivity contribution < 1.29 is 8.42 Å². The lowest BCUT2D eigenvalue weighted by atomic mass is 10.1. The van der Waals surface area contributed by atoms with Gasteiger partial charge in [-0.1, -0.05) is 42.0 Å². The molecule has 0 fully saturated rings. The van der Waals surface area contributed by atoms with Crippen LogP contribution in [0.4, 0.5) is 5.69 Å². The average Bonchev–Trinajstić information content (AvgIpc) is 2.62. The lowest BCUT2D eigenvalue weighted by Crippen LogP contribution is -2.12. The summed E-state index contributed by atoms with van der Waals surface area (Å²) in [7, 11) is -3.57. The number of anilines is 1. The summed E-state index contributed by atoms with van der Waals surface area (Å²) in [5.74, 6) is 0. The quantitative estimate of drug-likeness (QED) is 0.630. The number of rotatable bonds is 5. The van der Waals surface area contributed by atoms with Gasteiger partial charge in [-0.15, -0.1) is 11.8 Å². The first kappa shape index (κ1) is 17.6. The largest absolute Gasteiger partial charge is 0.280 e. The summed E-state index contributed by atoms with van der Waals surface area (Å²) >= 11 is 1.70. The summed E-state index contributed by atoms with van der Waals surface area (Å²) in [6.45, 7) is 1.92. The van der Waals surface area contributed by atoms with Crippen LogP contribution < -0.4 is 4.72 Å². The predicted octanol–water partition coefficient (Wildman–Crippen LogP) is 5.18. The summed E-state index contributed by atoms with van der Waals surface area (Å²) in [4.78, 5) is 1.47. The number of aryl methyl sites for hydroxylation is 1. The molecular weight excluding hydrogens is 350 g/mol. The normalized spacial score (nSPS) is 11.3. The number of benzene rings is 3. The first-order valence-electron chi connectivity index (χ1n) is 7.82. The van der Waals surface area contributed by atoms with Crippen LogP contribution in [0, 0.1) is 6.92 Å². The second kappa shape index (κ2) is 7.33. The van der Waals surface area contributed by atoms with Gasteiger partial charge in [0.2, 0.25) is 0 Å². The lowest BCUT2D eigenvalue weighted by molar-refractivity contribution is 0.601. The van der Waals surface area contributed by atoms with Gasteiger partial charge in [0.1, 0.15) is 0 Å². The van der Waals surface area contributed by atoms with Crippen LogP contribution in [0.5, 0.6) is 0 Å². The van der Waals surface area contributed by atoms with E-state index >= 15 is 0 Å². The Morgan fingerprint density at radius 1 is 0.760 bits per heavy atom. The molecule has 128 valence electrons. The molecule has 5 heteroatoms. The Hall–Kier alpha value is -2.24. The van der Waals surface area contributed by atoms with Crippen molar-refractivity contribution in [1.29, 1.82) is 0 Å². The van der Waals surface area contributed by atoms with Gasteiger partial charge in [-0.2, -0.15) is 0 Å². The molecule has 0 bridgehead atoms. The fourth-order valence-corrected chi connectivity index (χ4v) is 3.91. The van der Waals surface area contributed by atoms with Gasteiger partial charge in [-0.3, -0.25) is 4.72 Å². The highest BCUT2D eigenvalue weighted by Crippen LogP contribution is 2.25. The molecule has 0 amide bonds. The van der Waals surface area contributed by atoms with E-state index in [1.54, 1.807) is 48.2 Å². The van der Waals surface area contributed by atoms with Crippen LogP contribution in [0.1, 0.15) is 5.56 Å². The molecule has 0 atom stereocenters. The molecule has 0 heterocycles. The van der Waals surface area contributed by atoms with Crippen LogP contribution >= 0.6 is 11.8 Å². The highest BCUT2D eigenvalue weighted by Gasteiger charge is 2.13. The molecule has 3 rings (SSSR count). The van der Waals surface area contributed by atoms with Crippen molar-refractivity contribution in [3.05, 3.63) is 78.4 Å². The first-order chi connectivity index (χ1) is 12.0. The zero-order valence-electron chi connectivity index (χ0n) is 14.1. The Labute approximate surface area is 153 Å². The van der Waals surface area contributed by atoms with Crippen molar-refractivity contribution in [2.45, 2.75) is 16.7 Å². The van der Waals surface area contributed by atoms with E-state index < -0.39 is 10.0 Å². The number of hydrogen-bond acceptors (Lipinski definition) is 3. The van der Waals surface area contributed by atoms with Gasteiger partial charge in [-0.25, -0.2) is 8.42 Å². The maximum atomic E-state index is 12.4. The van der Waals surface area contributed by atoms with Gasteiger partial charge >= 0.3 is 0 Å². The van der Waals surface area contributed by atoms with E-state index in [4.69, 9.17) is 0 Å². The SMILES string of the molecule is CSc1ccc(-c2ccc(NS(=O)(=O)c3ccc(C)cc3)cc2)cc1. The first-order valence-corrected chi connectivity index (χ1v) is 10.5. The zero-order chi connectivity index (χ0) is 17.9. The summed E-state index contributed by atoms with van der Waals surface area (Å²) in [6, 6.07) is 22.5. The number of hydrogen-bond donors (Lipinski definition) is 1. The molecule has 1 N–H and O–H groups in total. The molecule has 0 aliphatic rings. The maximum absolute atomic E-state index is 12.4. The van der Waals surface area contributed by atoms with Crippen molar-refractivity contribution in [3.8, 4) is 11.1 Å². The Balaban J connectivity index is 1.79. The van der Waals surface area contributed by atoms with E-state index in [-0.39, 0.29) is 4.90 Å². The monoisotopic (exact) mass is 369 g/mol. The standard InChI is InChI=1S/C20H19NO2S2/c1-15-3-13-20(14-4-15)25(22,23)21-18-9-5-16(6-10-18)17-7-11-19(24-2)12-8-17/h3-14,21H,1-2H3. The minimum absolute atomic E-state index is 0.259. The topological polar surface area (TPSA) is 46.2 Å². The Bertz CT molecular complexity index is 946. The molecule has 0 aliphatic carbocycles. The third-order valence-corrected chi connectivity index (χ3v) is 6.03. The van der Waals surface area contributed by atoms with Crippen LogP contribution in [0.25, 0.3) is 11.1 Å². The van der Waals surface area contributed by atoms with Crippen molar-refractivity contribution >= 4 is 27.5 Å². The molecule has 0 aliphatic heterocycles. The van der Waals surface area contributed by atoms with E-state index in [0.717, 1.165) is 16.7 Å². The molecule has 0 spiro atoms. The molecule has 3 aromatic rings. The van der Waals surface area contributed by atoms with Crippen LogP contribution in [0.3, 0.4) is 0 Å². The molecule has 0 unspecified atom stereocenters. The Morgan fingerprint density at radius 3 is 1.80 bits per heavy atom. The van der Waals surface area contributed by atoms with Gasteiger partial charge in [0.25, 0.3) is 10.0 Å². The molecule has 25 heavy (non-hydrogen) atoms. The number of sulfonamides is 1. The second-order valence-electron chi connectivity index (χ2n) is 5.72. The second-order valence-corrected chi connectivity index (χ2v) is 8.29. The lowest BCUT2D eigenvalue weighted by Gasteiger charge is -2.09. The van der Waals surface area contributed by atoms with Crippen LogP contribution in [0.15, 0.2) is 82.6 Å². The number of nitrogens with one attached hydrogen (secondary N) is 1. The minimum Gasteiger partial charge on any atom is -0.280 e. The fraction of sp³-hybridized carbons (Fsp3) is 0.100. The molecule has 0 saturated heterocycles. The van der Waals surface area contributed by atoms with Crippen molar-refractivity contribution in [1.82, 2.24) is 0 Å². The van der Waals surface area contributed by atoms with Gasteiger partial charge < -0.3 is 0 Å². The van der Waals surface area contributed by atoms with Gasteiger partial charge in [0, 0.05) is 10.6 Å². The third kappa shape index (κ3) is 4.24. The van der Waals surface area contributed by atoms with E-state index in [0.29, 0.717) is 5.69 Å². The van der Waals surface area contributed by atoms with E-state index in [1.807, 2.05) is 25.3 Å². The smallest absolute Gasteiger partial charge is 0.261 e. The van der Waals surface area contributed by atoms with E-state index in [9.17, 15) is 8.42 Å². The van der Waals surface area contributed by atoms with Gasteiger partial charge in [0.15, 0.2) is 0 Å². The summed E-state index contributed by atoms with van der Waals surface area (Å²) in [5, 5.41) is 0. The molecular formula is C20H19NO2S2. The molecule has 0 saturated carbocycles. The molecule has 3 nitrogen and oxygen atoms in total. The highest BCUT2D eigenvalue weighted by molar-refractivity contribution is 7.98. The van der Waals surface area contributed by atoms with Crippen molar-refractivity contribution in [2.24, 2.45) is 0 Å². The number of thioether (sulfide) groups is 1. The predicted molar refractivity (Wildman–Crippen MR) is 106 cm³/mol. The average molecular weight is 370 g/mol. The molecule has 0 radical (unpaired) electrons. The summed E-state index contributed by atoms with van der Waals surface area (Å²) in [5.41, 5.74) is 3.72. The maximum Gasteiger partial charge on any atom is 0.261 e. The van der Waals surface area contributed by atoms with Crippen molar-refractivity contribution in [2.75, 3.05) is 11.0 Å². The third-order valence-electron chi connectivity index (χ3n) is 3.89. The molecule has 0 aromatic heterocycles. The molecule has 3 aromatic carbocycles. The van der Waals surface area contributed by atoms with Crippen LogP contribution in [0.2, 0.25) is 0 Å². The Kier molecular flexibility index (Phi) is 5.16. The summed E-state index contributed by atoms with van der Waals surface area (Å²) in [6.07, 6.45) is 2.05. The van der Waals surface area contributed by atoms with Crippen molar-refractivity contribution in [3.63, 3.8) is 0 Å². The minimum atomic E-state index is -3.57. The van der Waals surface area contributed by atoms with Crippen LogP contribution in [-0.2, 0) is 10.0 Å². The Morgan fingerprint density at radius 2 is 1.28 bits per heavy atom.